The number of fused-ring (bicyclic) bond motifs is 1. The topological polar surface area (TPSA) is 102 Å². The van der Waals surface area contributed by atoms with Crippen molar-refractivity contribution in [1.29, 1.82) is 0 Å². The highest BCUT2D eigenvalue weighted by molar-refractivity contribution is 5.92. The molecule has 9 heteroatoms. The van der Waals surface area contributed by atoms with Crippen LogP contribution in [0.4, 0.5) is 11.8 Å². The van der Waals surface area contributed by atoms with Crippen LogP contribution in [0.1, 0.15) is 24.8 Å². The van der Waals surface area contributed by atoms with E-state index in [1.807, 2.05) is 35.4 Å². The first-order valence-electron chi connectivity index (χ1n) is 10.8. The Bertz CT molecular complexity index is 1080. The van der Waals surface area contributed by atoms with Crippen molar-refractivity contribution in [1.82, 2.24) is 19.9 Å². The van der Waals surface area contributed by atoms with E-state index in [-0.39, 0.29) is 5.91 Å². The molecule has 168 valence electrons. The molecule has 0 unspecified atom stereocenters. The van der Waals surface area contributed by atoms with Gasteiger partial charge in [-0.25, -0.2) is 4.98 Å². The summed E-state index contributed by atoms with van der Waals surface area (Å²) >= 11 is 0. The second-order valence-corrected chi connectivity index (χ2v) is 7.60. The molecule has 1 amide bonds. The normalized spacial score (nSPS) is 13.4. The highest BCUT2D eigenvalue weighted by Gasteiger charge is 2.19. The lowest BCUT2D eigenvalue weighted by Gasteiger charge is -2.16. The van der Waals surface area contributed by atoms with Crippen LogP contribution < -0.4 is 20.1 Å². The summed E-state index contributed by atoms with van der Waals surface area (Å²) in [5, 5.41) is 7.52. The number of ether oxygens (including phenoxy) is 2. The molecule has 0 radical (unpaired) electrons. The van der Waals surface area contributed by atoms with Crippen molar-refractivity contribution in [2.75, 3.05) is 44.5 Å². The third kappa shape index (κ3) is 4.99. The Hall–Kier alpha value is -3.62. The van der Waals surface area contributed by atoms with Gasteiger partial charge in [0.05, 0.1) is 19.7 Å². The number of carbonyl (C=O) groups is 1. The molecule has 0 spiro atoms. The molecule has 0 atom stereocenters. The molecule has 2 aromatic heterocycles. The number of anilines is 2. The fourth-order valence-electron chi connectivity index (χ4n) is 3.77. The molecule has 1 aromatic carbocycles. The minimum absolute atomic E-state index is 0.245. The second-order valence-electron chi connectivity index (χ2n) is 7.60. The summed E-state index contributed by atoms with van der Waals surface area (Å²) in [4.78, 5) is 27.2. The number of rotatable bonds is 10. The predicted octanol–water partition coefficient (Wildman–Crippen LogP) is 3.08. The highest BCUT2D eigenvalue weighted by atomic mass is 16.5. The quantitative estimate of drug-likeness (QED) is 0.468. The molecule has 2 N–H and O–H groups in total. The van der Waals surface area contributed by atoms with Crippen molar-refractivity contribution in [2.45, 2.75) is 25.8 Å². The number of nitrogens with zero attached hydrogens (tertiary/aromatic N) is 4. The first-order chi connectivity index (χ1) is 15.7. The summed E-state index contributed by atoms with van der Waals surface area (Å²) in [7, 11) is 3.21. The smallest absolute Gasteiger partial charge is 0.225 e. The zero-order valence-electron chi connectivity index (χ0n) is 18.4. The van der Waals surface area contributed by atoms with Crippen LogP contribution >= 0.6 is 0 Å². The summed E-state index contributed by atoms with van der Waals surface area (Å²) in [5.74, 6) is 2.68. The number of amides is 1. The van der Waals surface area contributed by atoms with Crippen LogP contribution in [0.3, 0.4) is 0 Å². The monoisotopic (exact) mass is 436 g/mol. The molecule has 0 saturated carbocycles. The SMILES string of the molecule is COc1cc2nc(NCCCN3CCCC3=O)nc(NCc3cccnc3)c2cc1OC. The summed E-state index contributed by atoms with van der Waals surface area (Å²) in [6, 6.07) is 7.63. The number of nitrogens with one attached hydrogen (secondary N) is 2. The van der Waals surface area contributed by atoms with Crippen LogP contribution in [0.25, 0.3) is 10.9 Å². The molecule has 32 heavy (non-hydrogen) atoms. The molecule has 4 rings (SSSR count). The van der Waals surface area contributed by atoms with Gasteiger partial charge in [-0.2, -0.15) is 4.98 Å². The van der Waals surface area contributed by atoms with Gasteiger partial charge < -0.3 is 25.0 Å². The Balaban J connectivity index is 1.54. The molecule has 3 aromatic rings. The van der Waals surface area contributed by atoms with Crippen molar-refractivity contribution < 1.29 is 14.3 Å². The zero-order chi connectivity index (χ0) is 22.3. The standard InChI is InChI=1S/C23H28N6O3/c1-31-19-12-17-18(13-20(19)32-2)27-23(25-9-5-11-29-10-4-7-21(29)30)28-22(17)26-15-16-6-3-8-24-14-16/h3,6,8,12-14H,4-5,7,9-11,15H2,1-2H3,(H2,25,26,27,28). The summed E-state index contributed by atoms with van der Waals surface area (Å²) in [6.45, 7) is 2.85. The van der Waals surface area contributed by atoms with Crippen molar-refractivity contribution >= 4 is 28.6 Å². The number of hydrogen-bond donors (Lipinski definition) is 2. The van der Waals surface area contributed by atoms with E-state index in [0.717, 1.165) is 42.4 Å². The number of hydrogen-bond acceptors (Lipinski definition) is 8. The summed E-state index contributed by atoms with van der Waals surface area (Å²) < 4.78 is 10.9. The van der Waals surface area contributed by atoms with Gasteiger partial charge in [-0.15, -0.1) is 0 Å². The highest BCUT2D eigenvalue weighted by Crippen LogP contribution is 2.34. The molecule has 1 fully saturated rings. The Morgan fingerprint density at radius 2 is 1.97 bits per heavy atom. The minimum atomic E-state index is 0.245. The van der Waals surface area contributed by atoms with E-state index < -0.39 is 0 Å². The Kier molecular flexibility index (Phi) is 6.84. The largest absolute Gasteiger partial charge is 0.493 e. The summed E-state index contributed by atoms with van der Waals surface area (Å²) in [5.41, 5.74) is 1.79. The maximum Gasteiger partial charge on any atom is 0.225 e. The van der Waals surface area contributed by atoms with Gasteiger partial charge in [-0.05, 0) is 30.5 Å². The second kappa shape index (κ2) is 10.1. The third-order valence-corrected chi connectivity index (χ3v) is 5.44. The number of pyridine rings is 1. The van der Waals surface area contributed by atoms with E-state index in [4.69, 9.17) is 14.5 Å². The first-order valence-corrected chi connectivity index (χ1v) is 10.8. The molecule has 0 bridgehead atoms. The van der Waals surface area contributed by atoms with Gasteiger partial charge in [-0.1, -0.05) is 6.07 Å². The van der Waals surface area contributed by atoms with Gasteiger partial charge in [0, 0.05) is 56.4 Å². The fourth-order valence-corrected chi connectivity index (χ4v) is 3.77. The Morgan fingerprint density at radius 1 is 1.12 bits per heavy atom. The van der Waals surface area contributed by atoms with E-state index in [0.29, 0.717) is 42.8 Å². The van der Waals surface area contributed by atoms with Crippen LogP contribution in [-0.4, -0.2) is 59.6 Å². The van der Waals surface area contributed by atoms with Gasteiger partial charge in [0.25, 0.3) is 0 Å². The van der Waals surface area contributed by atoms with Crippen LogP contribution in [0.2, 0.25) is 0 Å². The maximum atomic E-state index is 11.8. The molecule has 9 nitrogen and oxygen atoms in total. The van der Waals surface area contributed by atoms with E-state index in [1.54, 1.807) is 20.4 Å². The van der Waals surface area contributed by atoms with Crippen molar-refractivity contribution in [3.8, 4) is 11.5 Å². The predicted molar refractivity (Wildman–Crippen MR) is 123 cm³/mol. The van der Waals surface area contributed by atoms with Crippen LogP contribution in [0, 0.1) is 0 Å². The Labute approximate surface area is 187 Å². The van der Waals surface area contributed by atoms with Gasteiger partial charge in [0.15, 0.2) is 11.5 Å². The van der Waals surface area contributed by atoms with Crippen LogP contribution in [-0.2, 0) is 11.3 Å². The van der Waals surface area contributed by atoms with Gasteiger partial charge >= 0.3 is 0 Å². The zero-order valence-corrected chi connectivity index (χ0v) is 18.4. The van der Waals surface area contributed by atoms with E-state index in [2.05, 4.69) is 20.6 Å². The molecular formula is C23H28N6O3. The average molecular weight is 437 g/mol. The summed E-state index contributed by atoms with van der Waals surface area (Å²) in [6.07, 6.45) is 6.02. The van der Waals surface area contributed by atoms with Gasteiger partial charge in [0.2, 0.25) is 11.9 Å². The average Bonchev–Trinajstić information content (AvgIpc) is 3.24. The van der Waals surface area contributed by atoms with E-state index in [9.17, 15) is 4.79 Å². The van der Waals surface area contributed by atoms with E-state index >= 15 is 0 Å². The van der Waals surface area contributed by atoms with E-state index in [1.165, 1.54) is 0 Å². The number of benzene rings is 1. The first kappa shape index (κ1) is 21.6. The maximum absolute atomic E-state index is 11.8. The van der Waals surface area contributed by atoms with Crippen molar-refractivity contribution in [3.05, 3.63) is 42.2 Å². The van der Waals surface area contributed by atoms with Crippen LogP contribution in [0.5, 0.6) is 11.5 Å². The molecular weight excluding hydrogens is 408 g/mol. The van der Waals surface area contributed by atoms with Gasteiger partial charge in [-0.3, -0.25) is 9.78 Å². The lowest BCUT2D eigenvalue weighted by molar-refractivity contribution is -0.127. The molecule has 1 aliphatic rings. The third-order valence-electron chi connectivity index (χ3n) is 5.44. The lowest BCUT2D eigenvalue weighted by atomic mass is 10.2. The van der Waals surface area contributed by atoms with Crippen LogP contribution in [0.15, 0.2) is 36.7 Å². The van der Waals surface area contributed by atoms with Crippen molar-refractivity contribution in [3.63, 3.8) is 0 Å². The number of likely N-dealkylation sites (tertiary alicyclic amines) is 1. The molecule has 1 aliphatic heterocycles. The number of carbonyl (C=O) groups excluding carboxylic acids is 1. The molecule has 3 heterocycles. The lowest BCUT2D eigenvalue weighted by Crippen LogP contribution is -2.27. The molecule has 0 aliphatic carbocycles. The fraction of sp³-hybridized carbons (Fsp3) is 0.391. The minimum Gasteiger partial charge on any atom is -0.493 e. The van der Waals surface area contributed by atoms with Gasteiger partial charge in [0.1, 0.15) is 5.82 Å². The molecule has 1 saturated heterocycles. The number of aromatic nitrogens is 3. The Morgan fingerprint density at radius 3 is 2.69 bits per heavy atom. The number of methoxy groups -OCH3 is 2. The van der Waals surface area contributed by atoms with Crippen molar-refractivity contribution in [2.24, 2.45) is 0 Å².